The van der Waals surface area contributed by atoms with Gasteiger partial charge in [-0.05, 0) is 60.6 Å². The first kappa shape index (κ1) is 17.6. The molecule has 0 spiro atoms. The highest BCUT2D eigenvalue weighted by Gasteiger charge is 2.22. The topological polar surface area (TPSA) is 75.3 Å². The van der Waals surface area contributed by atoms with Crippen LogP contribution in [0.15, 0.2) is 53.4 Å². The molecule has 6 heteroatoms. The van der Waals surface area contributed by atoms with Gasteiger partial charge >= 0.3 is 0 Å². The predicted octanol–water partition coefficient (Wildman–Crippen LogP) is 3.04. The summed E-state index contributed by atoms with van der Waals surface area (Å²) in [6, 6.07) is 14.4. The third-order valence-corrected chi connectivity index (χ3v) is 5.94. The molecule has 1 aliphatic rings. The lowest BCUT2D eigenvalue weighted by Gasteiger charge is -2.25. The molecule has 25 heavy (non-hydrogen) atoms. The Morgan fingerprint density at radius 1 is 1.12 bits per heavy atom. The Hall–Kier alpha value is -2.18. The average Bonchev–Trinajstić information content (AvgIpc) is 2.60. The Morgan fingerprint density at radius 2 is 1.84 bits per heavy atom. The van der Waals surface area contributed by atoms with Gasteiger partial charge in [0.1, 0.15) is 0 Å². The zero-order valence-corrected chi connectivity index (χ0v) is 15.0. The third kappa shape index (κ3) is 4.27. The number of aryl methyl sites for hydroxylation is 1. The Bertz CT molecular complexity index is 860. The SMILES string of the molecule is CC(=O)Nc1ccc(S(=O)(=O)NC[C@@H]2CCCc3ccccc32)cc1. The van der Waals surface area contributed by atoms with Crippen LogP contribution >= 0.6 is 0 Å². The fourth-order valence-electron chi connectivity index (χ4n) is 3.28. The van der Waals surface area contributed by atoms with Crippen LogP contribution in [0.1, 0.15) is 36.8 Å². The van der Waals surface area contributed by atoms with Crippen molar-refractivity contribution >= 4 is 21.6 Å². The first-order chi connectivity index (χ1) is 12.0. The van der Waals surface area contributed by atoms with Crippen LogP contribution in [0.2, 0.25) is 0 Å². The highest BCUT2D eigenvalue weighted by Crippen LogP contribution is 2.31. The van der Waals surface area contributed by atoms with Gasteiger partial charge in [-0.25, -0.2) is 13.1 Å². The quantitative estimate of drug-likeness (QED) is 0.863. The van der Waals surface area contributed by atoms with E-state index < -0.39 is 10.0 Å². The fourth-order valence-corrected chi connectivity index (χ4v) is 4.36. The van der Waals surface area contributed by atoms with Crippen LogP contribution in [0.3, 0.4) is 0 Å². The maximum Gasteiger partial charge on any atom is 0.240 e. The van der Waals surface area contributed by atoms with Gasteiger partial charge in [0.05, 0.1) is 4.90 Å². The molecule has 1 atom stereocenters. The van der Waals surface area contributed by atoms with Crippen molar-refractivity contribution in [3.8, 4) is 0 Å². The van der Waals surface area contributed by atoms with Gasteiger partial charge in [0.25, 0.3) is 0 Å². The fraction of sp³-hybridized carbons (Fsp3) is 0.316. The van der Waals surface area contributed by atoms with Crippen LogP contribution in [0, 0.1) is 0 Å². The lowest BCUT2D eigenvalue weighted by Crippen LogP contribution is -2.30. The summed E-state index contributed by atoms with van der Waals surface area (Å²) in [5.74, 6) is 0.0167. The van der Waals surface area contributed by atoms with Gasteiger partial charge in [0.2, 0.25) is 15.9 Å². The van der Waals surface area contributed by atoms with Crippen LogP contribution < -0.4 is 10.0 Å². The Morgan fingerprint density at radius 3 is 2.56 bits per heavy atom. The predicted molar refractivity (Wildman–Crippen MR) is 98.1 cm³/mol. The first-order valence-electron chi connectivity index (χ1n) is 8.41. The zero-order valence-electron chi connectivity index (χ0n) is 14.2. The lowest BCUT2D eigenvalue weighted by molar-refractivity contribution is -0.114. The number of anilines is 1. The zero-order chi connectivity index (χ0) is 17.9. The van der Waals surface area contributed by atoms with Crippen LogP contribution in [0.25, 0.3) is 0 Å². The van der Waals surface area contributed by atoms with Crippen molar-refractivity contribution in [2.24, 2.45) is 0 Å². The molecule has 0 unspecified atom stereocenters. The van der Waals surface area contributed by atoms with Crippen molar-refractivity contribution in [1.29, 1.82) is 0 Å². The molecular formula is C19H22N2O3S. The van der Waals surface area contributed by atoms with Crippen molar-refractivity contribution in [2.75, 3.05) is 11.9 Å². The van der Waals surface area contributed by atoms with Crippen LogP contribution in [0.4, 0.5) is 5.69 Å². The lowest BCUT2D eigenvalue weighted by atomic mass is 9.83. The molecule has 2 aromatic carbocycles. The summed E-state index contributed by atoms with van der Waals surface area (Å²) < 4.78 is 27.8. The van der Waals surface area contributed by atoms with Gasteiger partial charge in [-0.15, -0.1) is 0 Å². The minimum absolute atomic E-state index is 0.190. The van der Waals surface area contributed by atoms with E-state index >= 15 is 0 Å². The number of fused-ring (bicyclic) bond motifs is 1. The summed E-state index contributed by atoms with van der Waals surface area (Å²) in [5, 5.41) is 2.62. The van der Waals surface area contributed by atoms with E-state index in [4.69, 9.17) is 0 Å². The van der Waals surface area contributed by atoms with E-state index in [2.05, 4.69) is 22.2 Å². The summed E-state index contributed by atoms with van der Waals surface area (Å²) >= 11 is 0. The number of hydrogen-bond acceptors (Lipinski definition) is 3. The molecule has 132 valence electrons. The maximum absolute atomic E-state index is 12.5. The van der Waals surface area contributed by atoms with E-state index in [0.717, 1.165) is 19.3 Å². The molecule has 2 N–H and O–H groups in total. The van der Waals surface area contributed by atoms with Gasteiger partial charge < -0.3 is 5.32 Å². The van der Waals surface area contributed by atoms with E-state index in [1.54, 1.807) is 12.1 Å². The normalized spacial score (nSPS) is 16.9. The molecule has 0 saturated carbocycles. The number of hydrogen-bond donors (Lipinski definition) is 2. The van der Waals surface area contributed by atoms with Gasteiger partial charge in [0.15, 0.2) is 0 Å². The third-order valence-electron chi connectivity index (χ3n) is 4.50. The number of nitrogens with one attached hydrogen (secondary N) is 2. The number of carbonyl (C=O) groups excluding carboxylic acids is 1. The maximum atomic E-state index is 12.5. The highest BCUT2D eigenvalue weighted by molar-refractivity contribution is 7.89. The summed E-state index contributed by atoms with van der Waals surface area (Å²) in [4.78, 5) is 11.2. The Labute approximate surface area is 148 Å². The van der Waals surface area contributed by atoms with Gasteiger partial charge in [-0.2, -0.15) is 0 Å². The smallest absolute Gasteiger partial charge is 0.240 e. The second kappa shape index (κ2) is 7.37. The van der Waals surface area contributed by atoms with Gasteiger partial charge in [-0.1, -0.05) is 24.3 Å². The molecule has 0 aliphatic heterocycles. The molecule has 5 nitrogen and oxygen atoms in total. The van der Waals surface area contributed by atoms with Crippen molar-refractivity contribution in [3.63, 3.8) is 0 Å². The van der Waals surface area contributed by atoms with E-state index in [1.165, 1.54) is 30.2 Å². The molecule has 2 aromatic rings. The molecule has 1 aliphatic carbocycles. The second-order valence-corrected chi connectivity index (χ2v) is 8.11. The van der Waals surface area contributed by atoms with Crippen LogP contribution in [0.5, 0.6) is 0 Å². The summed E-state index contributed by atoms with van der Waals surface area (Å²) in [7, 11) is -3.57. The number of sulfonamides is 1. The van der Waals surface area contributed by atoms with E-state index in [9.17, 15) is 13.2 Å². The second-order valence-electron chi connectivity index (χ2n) is 6.35. The van der Waals surface area contributed by atoms with Crippen molar-refractivity contribution in [3.05, 3.63) is 59.7 Å². The van der Waals surface area contributed by atoms with E-state index in [-0.39, 0.29) is 16.7 Å². The first-order valence-corrected chi connectivity index (χ1v) is 9.89. The van der Waals surface area contributed by atoms with E-state index in [1.807, 2.05) is 12.1 Å². The van der Waals surface area contributed by atoms with Crippen LogP contribution in [-0.4, -0.2) is 20.9 Å². The monoisotopic (exact) mass is 358 g/mol. The molecule has 3 rings (SSSR count). The minimum Gasteiger partial charge on any atom is -0.326 e. The summed E-state index contributed by atoms with van der Waals surface area (Å²) in [6.45, 7) is 1.81. The highest BCUT2D eigenvalue weighted by atomic mass is 32.2. The minimum atomic E-state index is -3.57. The Kier molecular flexibility index (Phi) is 5.20. The van der Waals surface area contributed by atoms with Gasteiger partial charge in [0, 0.05) is 19.2 Å². The van der Waals surface area contributed by atoms with Crippen molar-refractivity contribution in [1.82, 2.24) is 4.72 Å². The number of rotatable bonds is 5. The molecule has 0 bridgehead atoms. The number of amides is 1. The standard InChI is InChI=1S/C19H22N2O3S/c1-14(22)21-17-9-11-18(12-10-17)25(23,24)20-13-16-7-4-6-15-5-2-3-8-19(15)16/h2-3,5,8-12,16,20H,4,6-7,13H2,1H3,(H,21,22)/t16-/m0/s1. The summed E-state index contributed by atoms with van der Waals surface area (Å²) in [6.07, 6.45) is 3.12. The van der Waals surface area contributed by atoms with E-state index in [0.29, 0.717) is 12.2 Å². The molecule has 0 radical (unpaired) electrons. The molecule has 0 saturated heterocycles. The Balaban J connectivity index is 1.69. The number of carbonyl (C=O) groups is 1. The molecule has 0 aromatic heterocycles. The number of benzene rings is 2. The van der Waals surface area contributed by atoms with Crippen molar-refractivity contribution < 1.29 is 13.2 Å². The molecule has 1 amide bonds. The molecule has 0 fully saturated rings. The molecule has 0 heterocycles. The average molecular weight is 358 g/mol. The largest absolute Gasteiger partial charge is 0.326 e. The van der Waals surface area contributed by atoms with Gasteiger partial charge in [-0.3, -0.25) is 4.79 Å². The summed E-state index contributed by atoms with van der Waals surface area (Å²) in [5.41, 5.74) is 3.14. The molecular weight excluding hydrogens is 336 g/mol. The van der Waals surface area contributed by atoms with Crippen LogP contribution in [-0.2, 0) is 21.2 Å². The van der Waals surface area contributed by atoms with Crippen molar-refractivity contribution in [2.45, 2.75) is 37.0 Å².